The topological polar surface area (TPSA) is 70.2 Å². The van der Waals surface area contributed by atoms with Crippen molar-refractivity contribution in [2.75, 3.05) is 22.5 Å². The van der Waals surface area contributed by atoms with Gasteiger partial charge in [-0.1, -0.05) is 25.1 Å². The molecule has 0 saturated carbocycles. The van der Waals surface area contributed by atoms with Crippen molar-refractivity contribution in [2.45, 2.75) is 27.2 Å². The molecule has 2 aromatic carbocycles. The number of rotatable bonds is 6. The summed E-state index contributed by atoms with van der Waals surface area (Å²) in [5.41, 5.74) is 3.52. The molecule has 0 aliphatic rings. The van der Waals surface area contributed by atoms with Crippen molar-refractivity contribution in [3.63, 3.8) is 0 Å². The van der Waals surface area contributed by atoms with Crippen LogP contribution in [0.15, 0.2) is 36.4 Å². The van der Waals surface area contributed by atoms with Crippen molar-refractivity contribution < 1.29 is 14.0 Å². The van der Waals surface area contributed by atoms with Crippen LogP contribution < -0.4 is 16.0 Å². The zero-order chi connectivity index (χ0) is 18.4. The van der Waals surface area contributed by atoms with E-state index in [0.717, 1.165) is 23.2 Å². The van der Waals surface area contributed by atoms with Gasteiger partial charge in [0.15, 0.2) is 0 Å². The van der Waals surface area contributed by atoms with Crippen LogP contribution in [0.5, 0.6) is 0 Å². The van der Waals surface area contributed by atoms with Gasteiger partial charge in [0, 0.05) is 18.3 Å². The Hall–Kier alpha value is -2.89. The van der Waals surface area contributed by atoms with Crippen LogP contribution >= 0.6 is 0 Å². The standard InChI is InChI=1S/C19H22FN3O2/c1-4-14-7-5-6-12(2)19(14)23-18(25)11-21-15-8-9-16(20)17(10-15)22-13(3)24/h5-10,21H,4,11H2,1-3H3,(H,22,24)(H,23,25). The molecule has 0 fully saturated rings. The number of benzene rings is 2. The van der Waals surface area contributed by atoms with Crippen molar-refractivity contribution in [3.05, 3.63) is 53.3 Å². The highest BCUT2D eigenvalue weighted by atomic mass is 19.1. The van der Waals surface area contributed by atoms with Crippen LogP contribution in [0.25, 0.3) is 0 Å². The monoisotopic (exact) mass is 343 g/mol. The number of aryl methyl sites for hydroxylation is 2. The lowest BCUT2D eigenvalue weighted by molar-refractivity contribution is -0.115. The maximum absolute atomic E-state index is 13.6. The van der Waals surface area contributed by atoms with Crippen LogP contribution in [-0.4, -0.2) is 18.4 Å². The fourth-order valence-electron chi connectivity index (χ4n) is 2.49. The minimum Gasteiger partial charge on any atom is -0.376 e. The van der Waals surface area contributed by atoms with E-state index in [1.54, 1.807) is 0 Å². The van der Waals surface area contributed by atoms with Gasteiger partial charge in [-0.3, -0.25) is 9.59 Å². The Balaban J connectivity index is 2.02. The first-order valence-electron chi connectivity index (χ1n) is 8.10. The van der Waals surface area contributed by atoms with E-state index in [4.69, 9.17) is 0 Å². The number of hydrogen-bond acceptors (Lipinski definition) is 3. The molecule has 5 nitrogen and oxygen atoms in total. The number of amides is 2. The third-order valence-electron chi connectivity index (χ3n) is 3.73. The number of anilines is 3. The second-order valence-electron chi connectivity index (χ2n) is 5.74. The van der Waals surface area contributed by atoms with E-state index >= 15 is 0 Å². The van der Waals surface area contributed by atoms with Gasteiger partial charge >= 0.3 is 0 Å². The average Bonchev–Trinajstić information content (AvgIpc) is 2.57. The molecule has 0 aliphatic heterocycles. The molecule has 0 radical (unpaired) electrons. The lowest BCUT2D eigenvalue weighted by Gasteiger charge is -2.14. The van der Waals surface area contributed by atoms with Crippen molar-refractivity contribution in [1.82, 2.24) is 0 Å². The Morgan fingerprint density at radius 3 is 2.56 bits per heavy atom. The predicted molar refractivity (Wildman–Crippen MR) is 98.4 cm³/mol. The fraction of sp³-hybridized carbons (Fsp3) is 0.263. The predicted octanol–water partition coefficient (Wildman–Crippen LogP) is 3.71. The first-order chi connectivity index (χ1) is 11.9. The molecular weight excluding hydrogens is 321 g/mol. The van der Waals surface area contributed by atoms with Gasteiger partial charge in [0.25, 0.3) is 0 Å². The summed E-state index contributed by atoms with van der Waals surface area (Å²) in [4.78, 5) is 23.3. The Morgan fingerprint density at radius 2 is 1.88 bits per heavy atom. The van der Waals surface area contributed by atoms with E-state index in [-0.39, 0.29) is 24.0 Å². The summed E-state index contributed by atoms with van der Waals surface area (Å²) in [6.07, 6.45) is 0.822. The molecule has 2 aromatic rings. The summed E-state index contributed by atoms with van der Waals surface area (Å²) in [6.45, 7) is 5.32. The number of para-hydroxylation sites is 1. The first-order valence-corrected chi connectivity index (χ1v) is 8.10. The maximum atomic E-state index is 13.6. The van der Waals surface area contributed by atoms with Crippen molar-refractivity contribution in [2.24, 2.45) is 0 Å². The second-order valence-corrected chi connectivity index (χ2v) is 5.74. The van der Waals surface area contributed by atoms with Crippen LogP contribution in [0.1, 0.15) is 25.0 Å². The van der Waals surface area contributed by atoms with Gasteiger partial charge in [-0.2, -0.15) is 0 Å². The molecule has 132 valence electrons. The zero-order valence-corrected chi connectivity index (χ0v) is 14.6. The zero-order valence-electron chi connectivity index (χ0n) is 14.6. The number of carbonyl (C=O) groups is 2. The molecule has 6 heteroatoms. The van der Waals surface area contributed by atoms with E-state index < -0.39 is 5.82 Å². The second kappa shape index (κ2) is 8.28. The molecule has 0 aromatic heterocycles. The molecule has 2 amide bonds. The van der Waals surface area contributed by atoms with Crippen LogP contribution in [0.4, 0.5) is 21.5 Å². The van der Waals surface area contributed by atoms with Crippen molar-refractivity contribution in [1.29, 1.82) is 0 Å². The lowest BCUT2D eigenvalue weighted by Crippen LogP contribution is -2.23. The van der Waals surface area contributed by atoms with E-state index in [1.807, 2.05) is 32.0 Å². The van der Waals surface area contributed by atoms with Crippen molar-refractivity contribution >= 4 is 28.9 Å². The number of halogens is 1. The molecule has 0 unspecified atom stereocenters. The summed E-state index contributed by atoms with van der Waals surface area (Å²) < 4.78 is 13.6. The highest BCUT2D eigenvalue weighted by Crippen LogP contribution is 2.22. The fourth-order valence-corrected chi connectivity index (χ4v) is 2.49. The Morgan fingerprint density at radius 1 is 1.12 bits per heavy atom. The highest BCUT2D eigenvalue weighted by molar-refractivity contribution is 5.95. The van der Waals surface area contributed by atoms with Gasteiger partial charge in [-0.05, 0) is 42.7 Å². The van der Waals surface area contributed by atoms with E-state index in [1.165, 1.54) is 25.1 Å². The number of carbonyl (C=O) groups excluding carboxylic acids is 2. The minimum absolute atomic E-state index is 0.0304. The number of nitrogens with one attached hydrogen (secondary N) is 3. The van der Waals surface area contributed by atoms with Gasteiger partial charge in [0.2, 0.25) is 11.8 Å². The summed E-state index contributed by atoms with van der Waals surface area (Å²) in [5.74, 6) is -1.09. The van der Waals surface area contributed by atoms with Gasteiger partial charge in [-0.25, -0.2) is 4.39 Å². The third-order valence-corrected chi connectivity index (χ3v) is 3.73. The molecule has 0 saturated heterocycles. The van der Waals surface area contributed by atoms with Crippen LogP contribution in [-0.2, 0) is 16.0 Å². The minimum atomic E-state index is -0.530. The molecule has 0 spiro atoms. The molecule has 0 atom stereocenters. The van der Waals surface area contributed by atoms with E-state index in [2.05, 4.69) is 16.0 Å². The normalized spacial score (nSPS) is 10.2. The molecule has 25 heavy (non-hydrogen) atoms. The molecule has 3 N–H and O–H groups in total. The molecule has 0 aliphatic carbocycles. The Kier molecular flexibility index (Phi) is 6.11. The quantitative estimate of drug-likeness (QED) is 0.749. The summed E-state index contributed by atoms with van der Waals surface area (Å²) in [6, 6.07) is 10.1. The lowest BCUT2D eigenvalue weighted by atomic mass is 10.1. The van der Waals surface area contributed by atoms with Crippen LogP contribution in [0.2, 0.25) is 0 Å². The van der Waals surface area contributed by atoms with E-state index in [0.29, 0.717) is 5.69 Å². The largest absolute Gasteiger partial charge is 0.376 e. The third kappa shape index (κ3) is 5.04. The van der Waals surface area contributed by atoms with E-state index in [9.17, 15) is 14.0 Å². The Labute approximate surface area is 146 Å². The summed E-state index contributed by atoms with van der Waals surface area (Å²) in [5, 5.41) is 8.25. The van der Waals surface area contributed by atoms with Crippen LogP contribution in [0, 0.1) is 12.7 Å². The average molecular weight is 343 g/mol. The smallest absolute Gasteiger partial charge is 0.243 e. The summed E-state index contributed by atoms with van der Waals surface area (Å²) >= 11 is 0. The SMILES string of the molecule is CCc1cccc(C)c1NC(=O)CNc1ccc(F)c(NC(C)=O)c1. The molecular formula is C19H22FN3O2. The number of hydrogen-bond donors (Lipinski definition) is 3. The van der Waals surface area contributed by atoms with Gasteiger partial charge < -0.3 is 16.0 Å². The van der Waals surface area contributed by atoms with Crippen molar-refractivity contribution in [3.8, 4) is 0 Å². The molecule has 0 bridgehead atoms. The molecule has 0 heterocycles. The van der Waals surface area contributed by atoms with Gasteiger partial charge in [0.05, 0.1) is 12.2 Å². The highest BCUT2D eigenvalue weighted by Gasteiger charge is 2.10. The Bertz CT molecular complexity index is 790. The maximum Gasteiger partial charge on any atom is 0.243 e. The summed E-state index contributed by atoms with van der Waals surface area (Å²) in [7, 11) is 0. The van der Waals surface area contributed by atoms with Gasteiger partial charge in [-0.15, -0.1) is 0 Å². The van der Waals surface area contributed by atoms with Gasteiger partial charge in [0.1, 0.15) is 5.82 Å². The van der Waals surface area contributed by atoms with Crippen LogP contribution in [0.3, 0.4) is 0 Å². The first kappa shape index (κ1) is 18.4. The molecule has 2 rings (SSSR count).